The van der Waals surface area contributed by atoms with Gasteiger partial charge in [0.2, 0.25) is 0 Å². The standard InChI is InChI=1S/C11H12N2O4/c1-3-8(2)12-11(14)17-10-6-4-9(5-7-10)13(15)16/h3-8H,1H2,2H3,(H,12,14)/t8-/m0/s1. The number of non-ortho nitro benzene ring substituents is 1. The predicted octanol–water partition coefficient (Wildman–Crippen LogP) is 2.26. The highest BCUT2D eigenvalue weighted by Gasteiger charge is 2.08. The second-order valence-corrected chi connectivity index (χ2v) is 3.31. The number of nitro benzene ring substituents is 1. The van der Waals surface area contributed by atoms with E-state index in [1.807, 2.05) is 0 Å². The Kier molecular flexibility index (Phi) is 4.21. The molecule has 0 aliphatic heterocycles. The molecule has 0 fully saturated rings. The molecular weight excluding hydrogens is 224 g/mol. The van der Waals surface area contributed by atoms with Crippen LogP contribution in [-0.2, 0) is 0 Å². The number of amides is 1. The van der Waals surface area contributed by atoms with Crippen LogP contribution in [0.4, 0.5) is 10.5 Å². The smallest absolute Gasteiger partial charge is 0.410 e. The van der Waals surface area contributed by atoms with Crippen molar-refractivity contribution < 1.29 is 14.5 Å². The number of nitro groups is 1. The number of nitrogens with zero attached hydrogens (tertiary/aromatic N) is 1. The van der Waals surface area contributed by atoms with Crippen molar-refractivity contribution in [2.24, 2.45) is 0 Å². The Morgan fingerprint density at radius 1 is 1.53 bits per heavy atom. The van der Waals surface area contributed by atoms with Gasteiger partial charge in [0, 0.05) is 18.2 Å². The molecule has 1 aromatic carbocycles. The van der Waals surface area contributed by atoms with E-state index in [1.54, 1.807) is 13.0 Å². The van der Waals surface area contributed by atoms with Gasteiger partial charge >= 0.3 is 6.09 Å². The van der Waals surface area contributed by atoms with Crippen LogP contribution in [0.2, 0.25) is 0 Å². The number of hydrogen-bond donors (Lipinski definition) is 1. The fourth-order valence-electron chi connectivity index (χ4n) is 1.02. The molecule has 0 unspecified atom stereocenters. The van der Waals surface area contributed by atoms with E-state index in [9.17, 15) is 14.9 Å². The maximum atomic E-state index is 11.3. The van der Waals surface area contributed by atoms with Crippen LogP contribution in [0.5, 0.6) is 5.75 Å². The molecule has 0 aromatic heterocycles. The molecule has 6 nitrogen and oxygen atoms in total. The Bertz CT molecular complexity index is 428. The third-order valence-corrected chi connectivity index (χ3v) is 1.96. The van der Waals surface area contributed by atoms with Crippen LogP contribution < -0.4 is 10.1 Å². The number of carbonyl (C=O) groups excluding carboxylic acids is 1. The first-order valence-electron chi connectivity index (χ1n) is 4.88. The fraction of sp³-hybridized carbons (Fsp3) is 0.182. The maximum absolute atomic E-state index is 11.3. The van der Waals surface area contributed by atoms with Crippen molar-refractivity contribution in [3.8, 4) is 5.75 Å². The Labute approximate surface area is 98.0 Å². The summed E-state index contributed by atoms with van der Waals surface area (Å²) in [5.74, 6) is 0.240. The molecule has 0 radical (unpaired) electrons. The van der Waals surface area contributed by atoms with Gasteiger partial charge in [0.25, 0.3) is 5.69 Å². The zero-order valence-corrected chi connectivity index (χ0v) is 9.25. The maximum Gasteiger partial charge on any atom is 0.413 e. The largest absolute Gasteiger partial charge is 0.413 e. The molecule has 0 aliphatic rings. The van der Waals surface area contributed by atoms with E-state index >= 15 is 0 Å². The number of hydrogen-bond acceptors (Lipinski definition) is 4. The van der Waals surface area contributed by atoms with Crippen molar-refractivity contribution in [1.82, 2.24) is 5.32 Å². The van der Waals surface area contributed by atoms with Crippen LogP contribution in [0.25, 0.3) is 0 Å². The molecule has 0 saturated carbocycles. The third kappa shape index (κ3) is 3.94. The third-order valence-electron chi connectivity index (χ3n) is 1.96. The molecule has 1 aromatic rings. The summed E-state index contributed by atoms with van der Waals surface area (Å²) in [5, 5.41) is 12.9. The Hall–Kier alpha value is -2.37. The van der Waals surface area contributed by atoms with Gasteiger partial charge in [-0.1, -0.05) is 6.08 Å². The summed E-state index contributed by atoms with van der Waals surface area (Å²) in [4.78, 5) is 21.2. The van der Waals surface area contributed by atoms with E-state index in [2.05, 4.69) is 11.9 Å². The monoisotopic (exact) mass is 236 g/mol. The summed E-state index contributed by atoms with van der Waals surface area (Å²) in [5.41, 5.74) is -0.0581. The second kappa shape index (κ2) is 5.64. The molecule has 0 saturated heterocycles. The van der Waals surface area contributed by atoms with Crippen LogP contribution in [0.1, 0.15) is 6.92 Å². The molecule has 1 N–H and O–H groups in total. The molecule has 90 valence electrons. The molecule has 0 heterocycles. The van der Waals surface area contributed by atoms with E-state index < -0.39 is 11.0 Å². The molecule has 0 aliphatic carbocycles. The van der Waals surface area contributed by atoms with E-state index in [-0.39, 0.29) is 17.5 Å². The summed E-state index contributed by atoms with van der Waals surface area (Å²) in [7, 11) is 0. The van der Waals surface area contributed by atoms with Crippen LogP contribution in [0.3, 0.4) is 0 Å². The number of ether oxygens (including phenoxy) is 1. The van der Waals surface area contributed by atoms with E-state index in [1.165, 1.54) is 24.3 Å². The summed E-state index contributed by atoms with van der Waals surface area (Å²) in [6.07, 6.45) is 0.920. The summed E-state index contributed by atoms with van der Waals surface area (Å²) >= 11 is 0. The van der Waals surface area contributed by atoms with E-state index in [4.69, 9.17) is 4.74 Å². The number of benzene rings is 1. The van der Waals surface area contributed by atoms with Crippen molar-refractivity contribution in [3.63, 3.8) is 0 Å². The van der Waals surface area contributed by atoms with Gasteiger partial charge in [-0.15, -0.1) is 6.58 Å². The summed E-state index contributed by atoms with van der Waals surface area (Å²) < 4.78 is 4.90. The Morgan fingerprint density at radius 2 is 2.12 bits per heavy atom. The number of carbonyl (C=O) groups is 1. The van der Waals surface area contributed by atoms with Crippen LogP contribution in [-0.4, -0.2) is 17.1 Å². The lowest BCUT2D eigenvalue weighted by Crippen LogP contribution is -2.33. The zero-order chi connectivity index (χ0) is 12.8. The van der Waals surface area contributed by atoms with Gasteiger partial charge in [0.05, 0.1) is 4.92 Å². The highest BCUT2D eigenvalue weighted by Crippen LogP contribution is 2.17. The lowest BCUT2D eigenvalue weighted by molar-refractivity contribution is -0.384. The molecule has 17 heavy (non-hydrogen) atoms. The first-order chi connectivity index (χ1) is 8.02. The highest BCUT2D eigenvalue weighted by molar-refractivity contribution is 5.71. The fourth-order valence-corrected chi connectivity index (χ4v) is 1.02. The van der Waals surface area contributed by atoms with Gasteiger partial charge in [0.1, 0.15) is 5.75 Å². The quantitative estimate of drug-likeness (QED) is 0.494. The van der Waals surface area contributed by atoms with Crippen molar-refractivity contribution >= 4 is 11.8 Å². The number of nitrogens with one attached hydrogen (secondary N) is 1. The first kappa shape index (κ1) is 12.7. The highest BCUT2D eigenvalue weighted by atomic mass is 16.6. The zero-order valence-electron chi connectivity index (χ0n) is 9.25. The normalized spacial score (nSPS) is 11.4. The second-order valence-electron chi connectivity index (χ2n) is 3.31. The van der Waals surface area contributed by atoms with Crippen LogP contribution in [0, 0.1) is 10.1 Å². The average molecular weight is 236 g/mol. The van der Waals surface area contributed by atoms with Crippen molar-refractivity contribution in [2.75, 3.05) is 0 Å². The molecular formula is C11H12N2O4. The first-order valence-corrected chi connectivity index (χ1v) is 4.88. The lowest BCUT2D eigenvalue weighted by atomic mass is 10.3. The van der Waals surface area contributed by atoms with Gasteiger partial charge < -0.3 is 10.1 Å². The predicted molar refractivity (Wildman–Crippen MR) is 61.9 cm³/mol. The van der Waals surface area contributed by atoms with Crippen LogP contribution >= 0.6 is 0 Å². The average Bonchev–Trinajstić information content (AvgIpc) is 2.29. The Morgan fingerprint density at radius 3 is 2.59 bits per heavy atom. The molecule has 1 amide bonds. The van der Waals surface area contributed by atoms with Gasteiger partial charge in [0.15, 0.2) is 0 Å². The summed E-state index contributed by atoms with van der Waals surface area (Å²) in [6.45, 7) is 5.25. The molecule has 1 atom stereocenters. The van der Waals surface area contributed by atoms with Crippen molar-refractivity contribution in [3.05, 3.63) is 47.0 Å². The number of rotatable bonds is 4. The topological polar surface area (TPSA) is 81.5 Å². The van der Waals surface area contributed by atoms with Gasteiger partial charge in [-0.3, -0.25) is 10.1 Å². The molecule has 1 rings (SSSR count). The van der Waals surface area contributed by atoms with Gasteiger partial charge in [-0.05, 0) is 19.1 Å². The SMILES string of the molecule is C=C[C@H](C)NC(=O)Oc1ccc([N+](=O)[O-])cc1. The minimum atomic E-state index is -0.633. The molecule has 6 heteroatoms. The molecule has 0 bridgehead atoms. The van der Waals surface area contributed by atoms with Gasteiger partial charge in [-0.2, -0.15) is 0 Å². The van der Waals surface area contributed by atoms with E-state index in [0.717, 1.165) is 0 Å². The minimum Gasteiger partial charge on any atom is -0.410 e. The minimum absolute atomic E-state index is 0.0581. The lowest BCUT2D eigenvalue weighted by Gasteiger charge is -2.09. The summed E-state index contributed by atoms with van der Waals surface area (Å²) in [6, 6.07) is 5.03. The van der Waals surface area contributed by atoms with Crippen molar-refractivity contribution in [1.29, 1.82) is 0 Å². The van der Waals surface area contributed by atoms with Crippen molar-refractivity contribution in [2.45, 2.75) is 13.0 Å². The van der Waals surface area contributed by atoms with Crippen LogP contribution in [0.15, 0.2) is 36.9 Å². The Balaban J connectivity index is 2.60. The molecule has 0 spiro atoms. The van der Waals surface area contributed by atoms with Gasteiger partial charge in [-0.25, -0.2) is 4.79 Å². The van der Waals surface area contributed by atoms with E-state index in [0.29, 0.717) is 0 Å².